The highest BCUT2D eigenvalue weighted by atomic mass is 35.5. The standard InChI is InChI=1S/C12H14ClNO4/c13-9-4-7(3-8(14)1-2-11(15)16)5-10-12(9)18-6-17-10/h4-5,8H,1-3,6,14H2,(H,15,16). The summed E-state index contributed by atoms with van der Waals surface area (Å²) < 4.78 is 10.5. The molecule has 1 atom stereocenters. The zero-order valence-corrected chi connectivity index (χ0v) is 10.4. The minimum Gasteiger partial charge on any atom is -0.481 e. The summed E-state index contributed by atoms with van der Waals surface area (Å²) in [6.07, 6.45) is 1.06. The second-order valence-corrected chi connectivity index (χ2v) is 4.62. The van der Waals surface area contributed by atoms with E-state index < -0.39 is 5.97 Å². The summed E-state index contributed by atoms with van der Waals surface area (Å²) >= 11 is 6.05. The lowest BCUT2D eigenvalue weighted by molar-refractivity contribution is -0.137. The van der Waals surface area contributed by atoms with E-state index in [4.69, 9.17) is 31.9 Å². The summed E-state index contributed by atoms with van der Waals surface area (Å²) in [4.78, 5) is 10.5. The maximum atomic E-state index is 10.5. The molecule has 18 heavy (non-hydrogen) atoms. The first-order chi connectivity index (χ1) is 8.56. The van der Waals surface area contributed by atoms with Gasteiger partial charge in [0, 0.05) is 12.5 Å². The predicted octanol–water partition coefficient (Wildman–Crippen LogP) is 1.80. The number of rotatable bonds is 5. The van der Waals surface area contributed by atoms with Gasteiger partial charge < -0.3 is 20.3 Å². The molecule has 0 bridgehead atoms. The Hall–Kier alpha value is -1.46. The molecule has 1 aromatic carbocycles. The zero-order valence-electron chi connectivity index (χ0n) is 9.69. The van der Waals surface area contributed by atoms with Gasteiger partial charge in [0.1, 0.15) is 0 Å². The number of hydrogen-bond acceptors (Lipinski definition) is 4. The van der Waals surface area contributed by atoms with Gasteiger partial charge in [0.25, 0.3) is 0 Å². The number of hydrogen-bond donors (Lipinski definition) is 2. The fourth-order valence-electron chi connectivity index (χ4n) is 1.85. The second kappa shape index (κ2) is 5.46. The third-order valence-corrected chi connectivity index (χ3v) is 2.99. The molecule has 98 valence electrons. The third-order valence-electron chi connectivity index (χ3n) is 2.71. The fraction of sp³-hybridized carbons (Fsp3) is 0.417. The highest BCUT2D eigenvalue weighted by molar-refractivity contribution is 6.32. The molecule has 1 heterocycles. The number of ether oxygens (including phenoxy) is 2. The molecule has 1 aliphatic rings. The van der Waals surface area contributed by atoms with E-state index in [0.29, 0.717) is 29.4 Å². The van der Waals surface area contributed by atoms with Gasteiger partial charge in [-0.15, -0.1) is 0 Å². The Balaban J connectivity index is 2.01. The van der Waals surface area contributed by atoms with Gasteiger partial charge in [-0.2, -0.15) is 0 Å². The average Bonchev–Trinajstić information content (AvgIpc) is 2.75. The Bertz CT molecular complexity index is 464. The van der Waals surface area contributed by atoms with Gasteiger partial charge in [0.2, 0.25) is 6.79 Å². The number of aliphatic carboxylic acids is 1. The first-order valence-electron chi connectivity index (χ1n) is 5.61. The Morgan fingerprint density at radius 2 is 2.28 bits per heavy atom. The highest BCUT2D eigenvalue weighted by Gasteiger charge is 2.19. The van der Waals surface area contributed by atoms with Crippen molar-refractivity contribution in [3.05, 3.63) is 22.7 Å². The van der Waals surface area contributed by atoms with Gasteiger partial charge in [-0.1, -0.05) is 11.6 Å². The molecule has 0 aromatic heterocycles. The quantitative estimate of drug-likeness (QED) is 0.853. The SMILES string of the molecule is NC(CCC(=O)O)Cc1cc(Cl)c2c(c1)OCO2. The zero-order chi connectivity index (χ0) is 13.1. The highest BCUT2D eigenvalue weighted by Crippen LogP contribution is 2.40. The number of nitrogens with two attached hydrogens (primary N) is 1. The van der Waals surface area contributed by atoms with Crippen molar-refractivity contribution in [3.63, 3.8) is 0 Å². The van der Waals surface area contributed by atoms with Crippen LogP contribution in [-0.2, 0) is 11.2 Å². The molecule has 0 amide bonds. The molecule has 3 N–H and O–H groups in total. The van der Waals surface area contributed by atoms with Crippen LogP contribution in [0.2, 0.25) is 5.02 Å². The van der Waals surface area contributed by atoms with Crippen molar-refractivity contribution < 1.29 is 19.4 Å². The lowest BCUT2D eigenvalue weighted by Crippen LogP contribution is -2.23. The van der Waals surface area contributed by atoms with Crippen LogP contribution < -0.4 is 15.2 Å². The van der Waals surface area contributed by atoms with E-state index in [9.17, 15) is 4.79 Å². The summed E-state index contributed by atoms with van der Waals surface area (Å²) in [5.74, 6) is 0.330. The molecule has 1 aliphatic heterocycles. The van der Waals surface area contributed by atoms with E-state index in [-0.39, 0.29) is 19.3 Å². The van der Waals surface area contributed by atoms with Crippen LogP contribution in [0.25, 0.3) is 0 Å². The molecule has 6 heteroatoms. The first-order valence-corrected chi connectivity index (χ1v) is 5.99. The minimum absolute atomic E-state index is 0.0689. The van der Waals surface area contributed by atoms with Gasteiger partial charge in [0.05, 0.1) is 5.02 Å². The number of benzene rings is 1. The van der Waals surface area contributed by atoms with E-state index in [1.165, 1.54) is 0 Å². The normalized spacial score (nSPS) is 14.6. The van der Waals surface area contributed by atoms with Crippen LogP contribution in [-0.4, -0.2) is 23.9 Å². The summed E-state index contributed by atoms with van der Waals surface area (Å²) in [6, 6.07) is 3.39. The van der Waals surface area contributed by atoms with E-state index in [1.807, 2.05) is 6.07 Å². The van der Waals surface area contributed by atoms with Crippen LogP contribution in [0, 0.1) is 0 Å². The van der Waals surface area contributed by atoms with Crippen LogP contribution >= 0.6 is 11.6 Å². The van der Waals surface area contributed by atoms with E-state index in [1.54, 1.807) is 6.07 Å². The fourth-order valence-corrected chi connectivity index (χ4v) is 2.14. The van der Waals surface area contributed by atoms with Crippen molar-refractivity contribution in [3.8, 4) is 11.5 Å². The van der Waals surface area contributed by atoms with E-state index >= 15 is 0 Å². The molecule has 0 saturated heterocycles. The molecule has 5 nitrogen and oxygen atoms in total. The van der Waals surface area contributed by atoms with Crippen molar-refractivity contribution in [1.29, 1.82) is 0 Å². The topological polar surface area (TPSA) is 81.8 Å². The van der Waals surface area contributed by atoms with Crippen molar-refractivity contribution in [2.24, 2.45) is 5.73 Å². The maximum absolute atomic E-state index is 10.5. The third kappa shape index (κ3) is 3.05. The van der Waals surface area contributed by atoms with Crippen LogP contribution in [0.3, 0.4) is 0 Å². The van der Waals surface area contributed by atoms with Crippen molar-refractivity contribution >= 4 is 17.6 Å². The van der Waals surface area contributed by atoms with Gasteiger partial charge >= 0.3 is 5.97 Å². The Kier molecular flexibility index (Phi) is 3.93. The molecule has 2 rings (SSSR count). The molecule has 0 radical (unpaired) electrons. The molecular weight excluding hydrogens is 258 g/mol. The number of carboxylic acids is 1. The number of halogens is 1. The van der Waals surface area contributed by atoms with Gasteiger partial charge in [-0.25, -0.2) is 0 Å². The smallest absolute Gasteiger partial charge is 0.303 e. The van der Waals surface area contributed by atoms with Crippen LogP contribution in [0.5, 0.6) is 11.5 Å². The summed E-state index contributed by atoms with van der Waals surface area (Å²) in [6.45, 7) is 0.170. The predicted molar refractivity (Wildman–Crippen MR) is 66.1 cm³/mol. The molecule has 0 aliphatic carbocycles. The maximum Gasteiger partial charge on any atom is 0.303 e. The minimum atomic E-state index is -0.839. The molecular formula is C12H14ClNO4. The monoisotopic (exact) mass is 271 g/mol. The van der Waals surface area contributed by atoms with E-state index in [0.717, 1.165) is 5.56 Å². The van der Waals surface area contributed by atoms with Crippen LogP contribution in [0.1, 0.15) is 18.4 Å². The lowest BCUT2D eigenvalue weighted by Gasteiger charge is -2.11. The number of carboxylic acid groups (broad SMARTS) is 1. The Morgan fingerprint density at radius 3 is 3.00 bits per heavy atom. The average molecular weight is 272 g/mol. The lowest BCUT2D eigenvalue weighted by atomic mass is 10.0. The molecule has 0 spiro atoms. The van der Waals surface area contributed by atoms with Crippen molar-refractivity contribution in [2.75, 3.05) is 6.79 Å². The largest absolute Gasteiger partial charge is 0.481 e. The first kappa shape index (κ1) is 13.0. The summed E-state index contributed by atoms with van der Waals surface area (Å²) in [7, 11) is 0. The van der Waals surface area contributed by atoms with Crippen molar-refractivity contribution in [1.82, 2.24) is 0 Å². The number of carbonyl (C=O) groups is 1. The summed E-state index contributed by atoms with van der Waals surface area (Å²) in [5.41, 5.74) is 6.79. The molecule has 1 unspecified atom stereocenters. The Morgan fingerprint density at radius 1 is 1.50 bits per heavy atom. The van der Waals surface area contributed by atoms with Crippen LogP contribution in [0.15, 0.2) is 12.1 Å². The van der Waals surface area contributed by atoms with Crippen LogP contribution in [0.4, 0.5) is 0 Å². The second-order valence-electron chi connectivity index (χ2n) is 4.21. The van der Waals surface area contributed by atoms with E-state index in [2.05, 4.69) is 0 Å². The van der Waals surface area contributed by atoms with Crippen molar-refractivity contribution in [2.45, 2.75) is 25.3 Å². The Labute approximate surface area is 109 Å². The number of fused-ring (bicyclic) bond motifs is 1. The summed E-state index contributed by atoms with van der Waals surface area (Å²) in [5, 5.41) is 9.08. The molecule has 1 aromatic rings. The van der Waals surface area contributed by atoms with Gasteiger partial charge in [0.15, 0.2) is 11.5 Å². The van der Waals surface area contributed by atoms with Gasteiger partial charge in [-0.05, 0) is 30.5 Å². The van der Waals surface area contributed by atoms with Gasteiger partial charge in [-0.3, -0.25) is 4.79 Å². The molecule has 0 fully saturated rings. The molecule has 0 saturated carbocycles.